The highest BCUT2D eigenvalue weighted by atomic mass is 19.1. The van der Waals surface area contributed by atoms with Gasteiger partial charge < -0.3 is 21.1 Å². The number of ether oxygens (including phenoxy) is 1. The molecule has 0 saturated carbocycles. The number of carbonyl (C=O) groups is 2. The molecule has 0 radical (unpaired) electrons. The standard InChI is InChI=1S/C14H20FN3O3/c1-8(2)13(16)14(20)17-7-12(19)18-9-4-5-11(21-3)10(15)6-9/h4-6,8,13H,7,16H2,1-3H3,(H,17,20)(H,18,19)/t13-/m0/s1. The Morgan fingerprint density at radius 2 is 2.05 bits per heavy atom. The third-order valence-electron chi connectivity index (χ3n) is 2.88. The highest BCUT2D eigenvalue weighted by Crippen LogP contribution is 2.20. The molecule has 0 saturated heterocycles. The highest BCUT2D eigenvalue weighted by Gasteiger charge is 2.17. The van der Waals surface area contributed by atoms with Crippen molar-refractivity contribution >= 4 is 17.5 Å². The van der Waals surface area contributed by atoms with Crippen molar-refractivity contribution in [2.45, 2.75) is 19.9 Å². The third kappa shape index (κ3) is 5.03. The quantitative estimate of drug-likeness (QED) is 0.726. The van der Waals surface area contributed by atoms with E-state index < -0.39 is 23.7 Å². The van der Waals surface area contributed by atoms with Crippen molar-refractivity contribution in [3.05, 3.63) is 24.0 Å². The number of anilines is 1. The van der Waals surface area contributed by atoms with E-state index in [-0.39, 0.29) is 23.9 Å². The van der Waals surface area contributed by atoms with Crippen LogP contribution in [0.25, 0.3) is 0 Å². The second kappa shape index (κ2) is 7.58. The molecule has 0 aliphatic carbocycles. The summed E-state index contributed by atoms with van der Waals surface area (Å²) in [5.74, 6) is -1.39. The number of amides is 2. The van der Waals surface area contributed by atoms with Gasteiger partial charge in [0.05, 0.1) is 19.7 Å². The van der Waals surface area contributed by atoms with E-state index in [2.05, 4.69) is 10.6 Å². The summed E-state index contributed by atoms with van der Waals surface area (Å²) < 4.78 is 18.2. The Bertz CT molecular complexity index is 520. The molecule has 0 unspecified atom stereocenters. The molecule has 21 heavy (non-hydrogen) atoms. The van der Waals surface area contributed by atoms with Gasteiger partial charge in [-0.25, -0.2) is 4.39 Å². The summed E-state index contributed by atoms with van der Waals surface area (Å²) in [5, 5.41) is 4.89. The largest absolute Gasteiger partial charge is 0.494 e. The number of carbonyl (C=O) groups excluding carboxylic acids is 2. The van der Waals surface area contributed by atoms with Crippen LogP contribution in [0.1, 0.15) is 13.8 Å². The molecule has 1 rings (SSSR count). The molecule has 0 bridgehead atoms. The SMILES string of the molecule is COc1ccc(NC(=O)CNC(=O)[C@@H](N)C(C)C)cc1F. The van der Waals surface area contributed by atoms with Gasteiger partial charge >= 0.3 is 0 Å². The Balaban J connectivity index is 2.51. The summed E-state index contributed by atoms with van der Waals surface area (Å²) in [5.41, 5.74) is 5.92. The first-order valence-corrected chi connectivity index (χ1v) is 6.51. The lowest BCUT2D eigenvalue weighted by Gasteiger charge is -2.15. The van der Waals surface area contributed by atoms with Crippen molar-refractivity contribution in [3.63, 3.8) is 0 Å². The number of methoxy groups -OCH3 is 1. The Labute approximate surface area is 122 Å². The fourth-order valence-corrected chi connectivity index (χ4v) is 1.54. The molecule has 1 aromatic rings. The Kier molecular flexibility index (Phi) is 6.10. The third-order valence-corrected chi connectivity index (χ3v) is 2.88. The van der Waals surface area contributed by atoms with Crippen LogP contribution in [0.15, 0.2) is 18.2 Å². The molecule has 0 heterocycles. The van der Waals surface area contributed by atoms with Gasteiger partial charge in [0.2, 0.25) is 11.8 Å². The first-order valence-electron chi connectivity index (χ1n) is 6.51. The molecule has 1 atom stereocenters. The Hall–Kier alpha value is -2.15. The number of nitrogens with one attached hydrogen (secondary N) is 2. The second-order valence-electron chi connectivity index (χ2n) is 4.89. The van der Waals surface area contributed by atoms with Crippen molar-refractivity contribution in [1.29, 1.82) is 0 Å². The lowest BCUT2D eigenvalue weighted by atomic mass is 10.1. The van der Waals surface area contributed by atoms with Crippen molar-refractivity contribution in [2.75, 3.05) is 19.0 Å². The summed E-state index contributed by atoms with van der Waals surface area (Å²) in [6.45, 7) is 3.39. The molecule has 4 N–H and O–H groups in total. The van der Waals surface area contributed by atoms with Crippen molar-refractivity contribution in [1.82, 2.24) is 5.32 Å². The van der Waals surface area contributed by atoms with E-state index >= 15 is 0 Å². The predicted molar refractivity (Wildman–Crippen MR) is 77.4 cm³/mol. The number of hydrogen-bond acceptors (Lipinski definition) is 4. The van der Waals surface area contributed by atoms with Crippen LogP contribution in [0.4, 0.5) is 10.1 Å². The zero-order valence-corrected chi connectivity index (χ0v) is 12.3. The molecule has 116 valence electrons. The topological polar surface area (TPSA) is 93.5 Å². The van der Waals surface area contributed by atoms with E-state index in [0.717, 1.165) is 6.07 Å². The van der Waals surface area contributed by atoms with Gasteiger partial charge in [-0.05, 0) is 18.1 Å². The molecule has 6 nitrogen and oxygen atoms in total. The lowest BCUT2D eigenvalue weighted by Crippen LogP contribution is -2.46. The number of hydrogen-bond donors (Lipinski definition) is 3. The number of nitrogens with two attached hydrogens (primary N) is 1. The van der Waals surface area contributed by atoms with Gasteiger partial charge in [0, 0.05) is 11.8 Å². The van der Waals surface area contributed by atoms with Crippen LogP contribution in [-0.2, 0) is 9.59 Å². The first-order chi connectivity index (χ1) is 9.85. The molecule has 1 aromatic carbocycles. The molecule has 0 fully saturated rings. The van der Waals surface area contributed by atoms with E-state index in [1.165, 1.54) is 19.2 Å². The minimum Gasteiger partial charge on any atom is -0.494 e. The molecule has 0 aliphatic heterocycles. The fraction of sp³-hybridized carbons (Fsp3) is 0.429. The van der Waals surface area contributed by atoms with Crippen LogP contribution >= 0.6 is 0 Å². The average molecular weight is 297 g/mol. The maximum absolute atomic E-state index is 13.4. The fourth-order valence-electron chi connectivity index (χ4n) is 1.54. The zero-order chi connectivity index (χ0) is 16.0. The smallest absolute Gasteiger partial charge is 0.243 e. The Morgan fingerprint density at radius 3 is 2.57 bits per heavy atom. The van der Waals surface area contributed by atoms with Crippen molar-refractivity contribution < 1.29 is 18.7 Å². The van der Waals surface area contributed by atoms with Crippen LogP contribution in [0, 0.1) is 11.7 Å². The van der Waals surface area contributed by atoms with Gasteiger partial charge in [0.25, 0.3) is 0 Å². The maximum atomic E-state index is 13.4. The predicted octanol–water partition coefficient (Wildman–Crippen LogP) is 0.872. The van der Waals surface area contributed by atoms with Gasteiger partial charge in [-0.2, -0.15) is 0 Å². The summed E-state index contributed by atoms with van der Waals surface area (Å²) in [7, 11) is 1.35. The zero-order valence-electron chi connectivity index (χ0n) is 12.3. The van der Waals surface area contributed by atoms with Crippen molar-refractivity contribution in [2.24, 2.45) is 11.7 Å². The molecular formula is C14H20FN3O3. The lowest BCUT2D eigenvalue weighted by molar-refractivity contribution is -0.125. The minimum absolute atomic E-state index is 0.0243. The number of benzene rings is 1. The second-order valence-corrected chi connectivity index (χ2v) is 4.89. The number of halogens is 1. The van der Waals surface area contributed by atoms with Crippen LogP contribution in [-0.4, -0.2) is 31.5 Å². The van der Waals surface area contributed by atoms with Crippen molar-refractivity contribution in [3.8, 4) is 5.75 Å². The monoisotopic (exact) mass is 297 g/mol. The van der Waals surface area contributed by atoms with Crippen LogP contribution in [0.2, 0.25) is 0 Å². The maximum Gasteiger partial charge on any atom is 0.243 e. The van der Waals surface area contributed by atoms with Crippen LogP contribution < -0.4 is 21.1 Å². The van der Waals surface area contributed by atoms with Gasteiger partial charge in [-0.3, -0.25) is 9.59 Å². The van der Waals surface area contributed by atoms with Gasteiger partial charge in [-0.1, -0.05) is 13.8 Å². The molecule has 0 spiro atoms. The van der Waals surface area contributed by atoms with E-state index in [1.807, 2.05) is 13.8 Å². The first kappa shape index (κ1) is 16.9. The summed E-state index contributed by atoms with van der Waals surface area (Å²) in [6.07, 6.45) is 0. The van der Waals surface area contributed by atoms with Crippen LogP contribution in [0.3, 0.4) is 0 Å². The van der Waals surface area contributed by atoms with Gasteiger partial charge in [0.15, 0.2) is 11.6 Å². The van der Waals surface area contributed by atoms with E-state index in [4.69, 9.17) is 10.5 Å². The Morgan fingerprint density at radius 1 is 1.38 bits per heavy atom. The number of rotatable bonds is 6. The van der Waals surface area contributed by atoms with E-state index in [0.29, 0.717) is 0 Å². The van der Waals surface area contributed by atoms with Crippen LogP contribution in [0.5, 0.6) is 5.75 Å². The normalized spacial score (nSPS) is 11.9. The molecule has 0 aliphatic rings. The van der Waals surface area contributed by atoms with Gasteiger partial charge in [-0.15, -0.1) is 0 Å². The summed E-state index contributed by atoms with van der Waals surface area (Å²) >= 11 is 0. The molecule has 2 amide bonds. The summed E-state index contributed by atoms with van der Waals surface area (Å²) in [4.78, 5) is 23.2. The minimum atomic E-state index is -0.670. The summed E-state index contributed by atoms with van der Waals surface area (Å²) in [6, 6.07) is 3.37. The molecular weight excluding hydrogens is 277 g/mol. The molecule has 7 heteroatoms. The average Bonchev–Trinajstić information content (AvgIpc) is 2.44. The molecule has 0 aromatic heterocycles. The highest BCUT2D eigenvalue weighted by molar-refractivity contribution is 5.95. The van der Waals surface area contributed by atoms with Gasteiger partial charge in [0.1, 0.15) is 0 Å². The van der Waals surface area contributed by atoms with E-state index in [1.54, 1.807) is 0 Å². The van der Waals surface area contributed by atoms with E-state index in [9.17, 15) is 14.0 Å².